The van der Waals surface area contributed by atoms with Gasteiger partial charge in [0.1, 0.15) is 0 Å². The standard InChI is InChI=1S/C8H9ClN2O3/c9-7-2-1-5(11(13)14)3-6(7)8(10)4-12/h1-3,8,12H,4,10H2/t8-/m0/s1. The number of rotatable bonds is 3. The van der Waals surface area contributed by atoms with Crippen molar-refractivity contribution in [1.29, 1.82) is 0 Å². The Morgan fingerprint density at radius 2 is 2.29 bits per heavy atom. The van der Waals surface area contributed by atoms with E-state index in [1.807, 2.05) is 0 Å². The smallest absolute Gasteiger partial charge is 0.269 e. The van der Waals surface area contributed by atoms with Crippen molar-refractivity contribution < 1.29 is 10.0 Å². The summed E-state index contributed by atoms with van der Waals surface area (Å²) in [5, 5.41) is 19.5. The van der Waals surface area contributed by atoms with Crippen LogP contribution in [0.3, 0.4) is 0 Å². The van der Waals surface area contributed by atoms with Gasteiger partial charge < -0.3 is 10.8 Å². The lowest BCUT2D eigenvalue weighted by molar-refractivity contribution is -0.384. The van der Waals surface area contributed by atoms with Crippen LogP contribution in [0.15, 0.2) is 18.2 Å². The molecule has 0 spiro atoms. The maximum absolute atomic E-state index is 10.4. The third kappa shape index (κ3) is 2.20. The Morgan fingerprint density at radius 1 is 1.64 bits per heavy atom. The van der Waals surface area contributed by atoms with E-state index in [-0.39, 0.29) is 12.3 Å². The second-order valence-corrected chi connectivity index (χ2v) is 3.16. The molecule has 0 amide bonds. The average Bonchev–Trinajstić information content (AvgIpc) is 2.17. The molecule has 1 aromatic carbocycles. The lowest BCUT2D eigenvalue weighted by Crippen LogP contribution is -2.15. The van der Waals surface area contributed by atoms with Gasteiger partial charge >= 0.3 is 0 Å². The van der Waals surface area contributed by atoms with Crippen LogP contribution in [-0.2, 0) is 0 Å². The van der Waals surface area contributed by atoms with Crippen LogP contribution in [0.1, 0.15) is 11.6 Å². The number of nitrogens with two attached hydrogens (primary N) is 1. The van der Waals surface area contributed by atoms with Gasteiger partial charge in [0.2, 0.25) is 0 Å². The van der Waals surface area contributed by atoms with Crippen LogP contribution in [0.25, 0.3) is 0 Å². The largest absolute Gasteiger partial charge is 0.394 e. The molecule has 3 N–H and O–H groups in total. The summed E-state index contributed by atoms with van der Waals surface area (Å²) < 4.78 is 0. The zero-order valence-corrected chi connectivity index (χ0v) is 7.94. The number of nitro groups is 1. The quantitative estimate of drug-likeness (QED) is 0.588. The van der Waals surface area contributed by atoms with Gasteiger partial charge in [-0.3, -0.25) is 10.1 Å². The SMILES string of the molecule is N[C@@H](CO)c1cc([N+](=O)[O-])ccc1Cl. The fourth-order valence-corrected chi connectivity index (χ4v) is 1.28. The molecule has 0 aromatic heterocycles. The van der Waals surface area contributed by atoms with Crippen LogP contribution in [0.4, 0.5) is 5.69 Å². The second kappa shape index (κ2) is 4.36. The van der Waals surface area contributed by atoms with Gasteiger partial charge in [-0.25, -0.2) is 0 Å². The monoisotopic (exact) mass is 216 g/mol. The van der Waals surface area contributed by atoms with Gasteiger partial charge in [0, 0.05) is 17.2 Å². The zero-order valence-electron chi connectivity index (χ0n) is 7.18. The number of aliphatic hydroxyl groups is 1. The minimum atomic E-state index is -0.692. The summed E-state index contributed by atoms with van der Waals surface area (Å²) in [4.78, 5) is 9.90. The lowest BCUT2D eigenvalue weighted by atomic mass is 10.1. The molecule has 0 aliphatic heterocycles. The third-order valence-electron chi connectivity index (χ3n) is 1.79. The first-order chi connectivity index (χ1) is 6.56. The molecule has 0 aliphatic rings. The molecule has 0 saturated heterocycles. The fraction of sp³-hybridized carbons (Fsp3) is 0.250. The Labute approximate surface area is 85.3 Å². The number of aliphatic hydroxyl groups excluding tert-OH is 1. The van der Waals surface area contributed by atoms with E-state index in [9.17, 15) is 10.1 Å². The maximum atomic E-state index is 10.4. The highest BCUT2D eigenvalue weighted by atomic mass is 35.5. The minimum absolute atomic E-state index is 0.0895. The molecule has 0 saturated carbocycles. The van der Waals surface area contributed by atoms with Crippen LogP contribution < -0.4 is 5.73 Å². The van der Waals surface area contributed by atoms with Crippen molar-refractivity contribution in [2.24, 2.45) is 5.73 Å². The molecule has 0 unspecified atom stereocenters. The topological polar surface area (TPSA) is 89.4 Å². The fourth-order valence-electron chi connectivity index (χ4n) is 1.03. The van der Waals surface area contributed by atoms with Crippen molar-refractivity contribution in [3.05, 3.63) is 38.9 Å². The molecule has 6 heteroatoms. The van der Waals surface area contributed by atoms with Gasteiger partial charge in [0.25, 0.3) is 5.69 Å². The molecule has 76 valence electrons. The number of nitrogens with zero attached hydrogens (tertiary/aromatic N) is 1. The van der Waals surface area contributed by atoms with Crippen molar-refractivity contribution in [1.82, 2.24) is 0 Å². The van der Waals surface area contributed by atoms with Crippen LogP contribution >= 0.6 is 11.6 Å². The predicted octanol–water partition coefficient (Wildman–Crippen LogP) is 1.24. The zero-order chi connectivity index (χ0) is 10.7. The van der Waals surface area contributed by atoms with E-state index in [4.69, 9.17) is 22.4 Å². The van der Waals surface area contributed by atoms with E-state index in [2.05, 4.69) is 0 Å². The first-order valence-corrected chi connectivity index (χ1v) is 4.24. The molecule has 1 rings (SSSR count). The summed E-state index contributed by atoms with van der Waals surface area (Å²) in [6.07, 6.45) is 0. The molecular weight excluding hydrogens is 208 g/mol. The third-order valence-corrected chi connectivity index (χ3v) is 2.13. The molecule has 0 fully saturated rings. The normalized spacial score (nSPS) is 12.5. The summed E-state index contributed by atoms with van der Waals surface area (Å²) >= 11 is 5.76. The number of halogens is 1. The van der Waals surface area contributed by atoms with Gasteiger partial charge in [-0.15, -0.1) is 0 Å². The lowest BCUT2D eigenvalue weighted by Gasteiger charge is -2.09. The molecule has 0 heterocycles. The molecule has 5 nitrogen and oxygen atoms in total. The molecule has 0 aliphatic carbocycles. The second-order valence-electron chi connectivity index (χ2n) is 2.75. The van der Waals surface area contributed by atoms with Crippen molar-refractivity contribution in [2.45, 2.75) is 6.04 Å². The summed E-state index contributed by atoms with van der Waals surface area (Å²) in [6.45, 7) is -0.305. The van der Waals surface area contributed by atoms with E-state index in [0.717, 1.165) is 0 Å². The molecule has 14 heavy (non-hydrogen) atoms. The number of hydrogen-bond donors (Lipinski definition) is 2. The Morgan fingerprint density at radius 3 is 2.79 bits per heavy atom. The molecular formula is C8H9ClN2O3. The van der Waals surface area contributed by atoms with Crippen molar-refractivity contribution in [3.8, 4) is 0 Å². The van der Waals surface area contributed by atoms with Crippen LogP contribution in [0, 0.1) is 10.1 Å². The Kier molecular flexibility index (Phi) is 3.40. The minimum Gasteiger partial charge on any atom is -0.394 e. The van der Waals surface area contributed by atoms with E-state index < -0.39 is 11.0 Å². The number of nitro benzene ring substituents is 1. The van der Waals surface area contributed by atoms with E-state index in [0.29, 0.717) is 10.6 Å². The molecule has 0 bridgehead atoms. The Bertz CT molecular complexity index is 356. The average molecular weight is 217 g/mol. The van der Waals surface area contributed by atoms with E-state index in [1.165, 1.54) is 18.2 Å². The first-order valence-electron chi connectivity index (χ1n) is 3.86. The predicted molar refractivity (Wildman–Crippen MR) is 52.1 cm³/mol. The molecule has 1 aromatic rings. The Balaban J connectivity index is 3.14. The summed E-state index contributed by atoms with van der Waals surface area (Å²) in [5.74, 6) is 0. The highest BCUT2D eigenvalue weighted by Gasteiger charge is 2.14. The molecule has 0 radical (unpaired) electrons. The van der Waals surface area contributed by atoms with Crippen LogP contribution in [-0.4, -0.2) is 16.6 Å². The van der Waals surface area contributed by atoms with Crippen LogP contribution in [0.2, 0.25) is 5.02 Å². The van der Waals surface area contributed by atoms with Gasteiger partial charge in [0.15, 0.2) is 0 Å². The van der Waals surface area contributed by atoms with Gasteiger partial charge in [-0.1, -0.05) is 11.6 Å². The van der Waals surface area contributed by atoms with Crippen LogP contribution in [0.5, 0.6) is 0 Å². The van der Waals surface area contributed by atoms with Gasteiger partial charge in [-0.2, -0.15) is 0 Å². The van der Waals surface area contributed by atoms with E-state index >= 15 is 0 Å². The number of non-ortho nitro benzene ring substituents is 1. The van der Waals surface area contributed by atoms with Gasteiger partial charge in [-0.05, 0) is 11.6 Å². The highest BCUT2D eigenvalue weighted by molar-refractivity contribution is 6.31. The number of hydrogen-bond acceptors (Lipinski definition) is 4. The number of benzene rings is 1. The Hall–Kier alpha value is -1.17. The van der Waals surface area contributed by atoms with Crippen molar-refractivity contribution >= 4 is 17.3 Å². The summed E-state index contributed by atoms with van der Waals surface area (Å²) in [6, 6.07) is 3.26. The molecule has 1 atom stereocenters. The van der Waals surface area contributed by atoms with E-state index in [1.54, 1.807) is 0 Å². The van der Waals surface area contributed by atoms with Crippen molar-refractivity contribution in [3.63, 3.8) is 0 Å². The van der Waals surface area contributed by atoms with Gasteiger partial charge in [0.05, 0.1) is 17.6 Å². The van der Waals surface area contributed by atoms with Crippen molar-refractivity contribution in [2.75, 3.05) is 6.61 Å². The first kappa shape index (κ1) is 10.9. The highest BCUT2D eigenvalue weighted by Crippen LogP contribution is 2.25. The summed E-state index contributed by atoms with van der Waals surface area (Å²) in [7, 11) is 0. The maximum Gasteiger partial charge on any atom is 0.269 e. The summed E-state index contributed by atoms with van der Waals surface area (Å²) in [5.41, 5.74) is 5.80.